The van der Waals surface area contributed by atoms with Crippen LogP contribution in [-0.4, -0.2) is 102 Å². The highest BCUT2D eigenvalue weighted by Crippen LogP contribution is 2.80. The number of rotatable bonds is 20. The van der Waals surface area contributed by atoms with Gasteiger partial charge >= 0.3 is 23.9 Å². The number of fused-ring (bicyclic) bond motifs is 14. The number of ether oxygens (including phenoxy) is 3. The predicted molar refractivity (Wildman–Crippen MR) is 445 cm³/mol. The third-order valence-electron chi connectivity index (χ3n) is 34.3. The van der Waals surface area contributed by atoms with Gasteiger partial charge in [0.05, 0.1) is 59.4 Å². The van der Waals surface area contributed by atoms with Gasteiger partial charge < -0.3 is 30.4 Å². The number of Topliss-reactive ketones (excluding diaryl/α,β-unsaturated/α-hetero) is 2. The van der Waals surface area contributed by atoms with Gasteiger partial charge in [-0.1, -0.05) is 120 Å². The average Bonchev–Trinajstić information content (AvgIpc) is 1.61. The number of nitrogens with one attached hydrogen (secondary N) is 1. The molecule has 0 aliphatic heterocycles. The number of nitrogens with two attached hydrogens (primary N) is 1. The number of esters is 3. The van der Waals surface area contributed by atoms with Crippen LogP contribution < -0.4 is 26.9 Å². The highest BCUT2D eigenvalue weighted by Gasteiger charge is 2.74. The minimum atomic E-state index is -1.39. The zero-order valence-electron chi connectivity index (χ0n) is 72.6. The Morgan fingerprint density at radius 2 is 1.02 bits per heavy atom. The van der Waals surface area contributed by atoms with Gasteiger partial charge in [0.1, 0.15) is 17.2 Å². The van der Waals surface area contributed by atoms with Crippen LogP contribution in [0.4, 0.5) is 0 Å². The van der Waals surface area contributed by atoms with Crippen molar-refractivity contribution in [2.45, 2.75) is 303 Å². The molecule has 628 valence electrons. The Morgan fingerprint density at radius 1 is 0.574 bits per heavy atom. The van der Waals surface area contributed by atoms with Crippen LogP contribution in [0.3, 0.4) is 0 Å². The van der Waals surface area contributed by atoms with Gasteiger partial charge in [0.15, 0.2) is 29.0 Å². The van der Waals surface area contributed by atoms with Crippen molar-refractivity contribution >= 4 is 58.6 Å². The Kier molecular flexibility index (Phi) is 21.3. The first-order valence-electron chi connectivity index (χ1n) is 43.3. The van der Waals surface area contributed by atoms with Gasteiger partial charge in [-0.2, -0.15) is 9.36 Å². The number of carbonyl (C=O) groups excluding carboxylic acids is 5. The lowest BCUT2D eigenvalue weighted by atomic mass is 9.33. The summed E-state index contributed by atoms with van der Waals surface area (Å²) in [7, 11) is 1.91. The quantitative estimate of drug-likeness (QED) is 0.0694. The number of halogens is 2. The van der Waals surface area contributed by atoms with Crippen LogP contribution in [0.5, 0.6) is 5.75 Å². The zero-order valence-corrected chi connectivity index (χ0v) is 74.1. The Hall–Kier alpha value is -6.48. The second-order valence-electron chi connectivity index (χ2n) is 42.2. The van der Waals surface area contributed by atoms with E-state index in [1.807, 2.05) is 25.6 Å². The van der Waals surface area contributed by atoms with Crippen LogP contribution >= 0.6 is 23.2 Å². The fraction of sp³-hybridized carbons (Fsp3) is 0.720. The van der Waals surface area contributed by atoms with E-state index >= 15 is 9.59 Å². The lowest BCUT2D eigenvalue weighted by molar-refractivity contribution is -0.232. The van der Waals surface area contributed by atoms with Gasteiger partial charge in [-0.3, -0.25) is 47.7 Å². The highest BCUT2D eigenvalue weighted by atomic mass is 35.5. The largest absolute Gasteiger partial charge is 0.481 e. The lowest BCUT2D eigenvalue weighted by Crippen LogP contribution is -2.66. The van der Waals surface area contributed by atoms with E-state index < -0.39 is 57.1 Å². The molecule has 0 saturated heterocycles. The summed E-state index contributed by atoms with van der Waals surface area (Å²) >= 11 is 13.3. The van der Waals surface area contributed by atoms with Gasteiger partial charge in [-0.25, -0.2) is 9.97 Å². The molecule has 10 aliphatic rings. The molecule has 4 N–H and O–H groups in total. The van der Waals surface area contributed by atoms with Crippen LogP contribution in [0.25, 0.3) is 11.6 Å². The van der Waals surface area contributed by atoms with Crippen molar-refractivity contribution in [3.05, 3.63) is 106 Å². The third kappa shape index (κ3) is 12.5. The number of carboxylic acid groups (broad SMARTS) is 1. The Bertz CT molecular complexity index is 4860. The van der Waals surface area contributed by atoms with E-state index in [1.54, 1.807) is 50.7 Å². The number of nitrogens with zero attached hydrogens (tertiary/aromatic N) is 6. The van der Waals surface area contributed by atoms with Gasteiger partial charge in [0.25, 0.3) is 11.1 Å². The number of aliphatic carboxylic acids is 1. The van der Waals surface area contributed by atoms with Crippen molar-refractivity contribution in [1.29, 1.82) is 0 Å². The Morgan fingerprint density at radius 3 is 1.44 bits per heavy atom. The standard InChI is InChI=1S/C93H130Cl2N8O12/c1-51(2)72-59(104)45-92(38-36-88(17)56(74(72)92)23-25-64-86(15)32-30-66(114-70(106)47-82(7,8)80(110)111)84(11,12)62(86)28-34-90(64,88)19)76-53(5)79(109)103(100(76)42-40-96)69-44-61(58(95)50-99-69)113-81(112)83(9,10)48-71(107)115-67-31-33-87(16)63(85(67,13)14)29-35-91(20)65(87)26-24-57-75-73(52(3)4)60(105)46-93(75,39-37-89(57,91)18)77-54(6)78(108)102(101(77)43-41-97-21)68-27-22-55(94)49-98-68/h22,27,44,49-52,56-57,62-67,97H,23-26,28-43,45-48,96H2,1-21H3,(H,110,111)/t56-,57-,62+,63+,64-,65-,66+,67+,86+,87+,88-,89-,90-,91-,92-,93-/m1/s1. The minimum Gasteiger partial charge on any atom is -0.481 e. The third-order valence-corrected chi connectivity index (χ3v) is 34.8. The maximum Gasteiger partial charge on any atom is 0.317 e. The summed E-state index contributed by atoms with van der Waals surface area (Å²) < 4.78 is 26.5. The maximum atomic E-state index is 15.4. The zero-order chi connectivity index (χ0) is 84.0. The average molecular weight is 1620 g/mol. The van der Waals surface area contributed by atoms with E-state index in [0.29, 0.717) is 72.6 Å². The van der Waals surface area contributed by atoms with Crippen molar-refractivity contribution in [2.75, 3.05) is 20.1 Å². The lowest BCUT2D eigenvalue weighted by Gasteiger charge is -2.72. The van der Waals surface area contributed by atoms with E-state index in [2.05, 4.69) is 112 Å². The maximum absolute atomic E-state index is 15.4. The van der Waals surface area contributed by atoms with Crippen molar-refractivity contribution < 1.29 is 48.1 Å². The summed E-state index contributed by atoms with van der Waals surface area (Å²) in [6.07, 6.45) is 16.0. The summed E-state index contributed by atoms with van der Waals surface area (Å²) in [5.41, 5.74) is 7.48. The molecule has 4 aromatic heterocycles. The molecule has 20 nitrogen and oxygen atoms in total. The molecule has 8 saturated carbocycles. The molecule has 14 rings (SSSR count). The van der Waals surface area contributed by atoms with Crippen LogP contribution in [0, 0.1) is 115 Å². The van der Waals surface area contributed by atoms with E-state index in [4.69, 9.17) is 48.1 Å². The van der Waals surface area contributed by atoms with Crippen molar-refractivity contribution in [2.24, 2.45) is 107 Å². The molecule has 8 fully saturated rings. The molecule has 4 heterocycles. The van der Waals surface area contributed by atoms with E-state index in [9.17, 15) is 33.9 Å². The topological polar surface area (TPSA) is 268 Å². The number of hydrogen-bond acceptors (Lipinski definition) is 15. The molecule has 16 atom stereocenters. The van der Waals surface area contributed by atoms with Gasteiger partial charge in [0.2, 0.25) is 0 Å². The van der Waals surface area contributed by atoms with Crippen molar-refractivity contribution in [3.8, 4) is 17.4 Å². The molecule has 22 heteroatoms. The first kappa shape index (κ1) is 85.0. The summed E-state index contributed by atoms with van der Waals surface area (Å²) in [5, 5.41) is 13.7. The number of likely N-dealkylation sites (N-methyl/N-ethyl adjacent to an activating group) is 1. The van der Waals surface area contributed by atoms with Gasteiger partial charge in [-0.15, -0.1) is 0 Å². The predicted octanol–water partition coefficient (Wildman–Crippen LogP) is 17.3. The molecule has 10 aliphatic carbocycles. The number of ketones is 2. The molecule has 0 amide bonds. The SMILES string of the molecule is CNCCn1c([C@@]23CC[C@]4(C)[C@H](CC[C@@H]5[C@@]6(C)CC[C@H](OC(=O)CC(C)(C)C(=O)Oc7cc(-n8c(=O)c(C)c([C@@]9%10CC[C@]%11(C)[C@H](CC[C@@H]%12[C@@]%13(C)CC[C@H](OC(=O)CC(C)(C)C(=O)O)C(C)(C)[C@@H]%13CC[C@]%12%11C)C9=C(C(C)C)C(=O)C%10)n8CCN)ncc7Cl)C(C)(C)[C@@H]6CC[C@]54C)C2=C(C(C)C)C(=O)C3)c(C)c(=O)n1-c1ccc(Cl)cn1. The highest BCUT2D eigenvalue weighted by molar-refractivity contribution is 6.32. The number of carbonyl (C=O) groups is 6. The van der Waals surface area contributed by atoms with E-state index in [1.165, 1.54) is 22.5 Å². The Labute approximate surface area is 690 Å². The molecule has 0 spiro atoms. The number of aromatic nitrogens is 6. The normalized spacial score (nSPS) is 34.7. The molecule has 0 bridgehead atoms. The van der Waals surface area contributed by atoms with Gasteiger partial charge in [0, 0.05) is 71.0 Å². The molecule has 0 unspecified atom stereocenters. The summed E-state index contributed by atoms with van der Waals surface area (Å²) in [6.45, 7) is 44.4. The number of hydrogen-bond donors (Lipinski definition) is 3. The smallest absolute Gasteiger partial charge is 0.317 e. The van der Waals surface area contributed by atoms with Crippen molar-refractivity contribution in [3.63, 3.8) is 0 Å². The fourth-order valence-corrected chi connectivity index (χ4v) is 28.8. The van der Waals surface area contributed by atoms with E-state index in [0.717, 1.165) is 112 Å². The fourth-order valence-electron chi connectivity index (χ4n) is 28.6. The van der Waals surface area contributed by atoms with Crippen LogP contribution in [0.15, 0.2) is 62.5 Å². The minimum absolute atomic E-state index is 0.00195. The van der Waals surface area contributed by atoms with Crippen LogP contribution in [-0.2, 0) is 62.2 Å². The van der Waals surface area contributed by atoms with Crippen LogP contribution in [0.1, 0.15) is 276 Å². The first-order chi connectivity index (χ1) is 53.6. The first-order valence-corrected chi connectivity index (χ1v) is 44.0. The van der Waals surface area contributed by atoms with E-state index in [-0.39, 0.29) is 151 Å². The second-order valence-corrected chi connectivity index (χ2v) is 43.0. The molecular formula is C93H130Cl2N8O12. The summed E-state index contributed by atoms with van der Waals surface area (Å²) in [6, 6.07) is 5.06. The number of pyridine rings is 2. The molecule has 4 aromatic rings. The molecule has 0 aromatic carbocycles. The number of allylic oxidation sites excluding steroid dienone is 4. The van der Waals surface area contributed by atoms with Crippen molar-refractivity contribution in [1.82, 2.24) is 34.0 Å². The summed E-state index contributed by atoms with van der Waals surface area (Å²) in [4.78, 5) is 125. The molecular weight excluding hydrogens is 1490 g/mol. The number of carboxylic acids is 1. The van der Waals surface area contributed by atoms with Gasteiger partial charge in [-0.05, 0) is 266 Å². The second kappa shape index (κ2) is 28.9. The Balaban J connectivity index is 0.682. The summed E-state index contributed by atoms with van der Waals surface area (Å²) in [5.74, 6) is -0.596. The molecule has 115 heavy (non-hydrogen) atoms. The molecule has 0 radical (unpaired) electrons. The van der Waals surface area contributed by atoms with Crippen LogP contribution in [0.2, 0.25) is 10.0 Å². The monoisotopic (exact) mass is 1620 g/mol.